The number of hydrogen-bond acceptors (Lipinski definition) is 7. The smallest absolute Gasteiger partial charge is 0.351 e. The number of rotatable bonds is 4. The number of ether oxygens (including phenoxy) is 2. The molecule has 0 spiro atoms. The summed E-state index contributed by atoms with van der Waals surface area (Å²) in [5.74, 6) is -0.654. The lowest BCUT2D eigenvalue weighted by Gasteiger charge is -2.30. The van der Waals surface area contributed by atoms with Crippen molar-refractivity contribution in [2.75, 3.05) is 12.4 Å². The first-order valence-electron chi connectivity index (χ1n) is 7.93. The van der Waals surface area contributed by atoms with Gasteiger partial charge in [0.15, 0.2) is 15.2 Å². The number of anilines is 1. The summed E-state index contributed by atoms with van der Waals surface area (Å²) in [6.45, 7) is 5.63. The van der Waals surface area contributed by atoms with Gasteiger partial charge < -0.3 is 14.8 Å². The normalized spacial score (nSPS) is 21.2. The van der Waals surface area contributed by atoms with E-state index in [0.717, 1.165) is 25.7 Å². The topological polar surface area (TPSA) is 77.5 Å². The Balaban J connectivity index is 1.87. The third-order valence-electron chi connectivity index (χ3n) is 3.75. The standard InChI is InChI=1S/C16H23ClN2O4S/c1-16(2,3)23-13(20)9-5-7-10(8-6-9)18-15-19-12(17)11(24-15)14(21)22-4/h9-10H,5-8H2,1-4H3,(H,18,19). The van der Waals surface area contributed by atoms with E-state index in [1.54, 1.807) is 0 Å². The Kier molecular flexibility index (Phi) is 6.09. The van der Waals surface area contributed by atoms with Crippen molar-refractivity contribution in [1.29, 1.82) is 0 Å². The second kappa shape index (κ2) is 7.70. The van der Waals surface area contributed by atoms with Crippen LogP contribution in [0.5, 0.6) is 0 Å². The number of halogens is 1. The largest absolute Gasteiger partial charge is 0.465 e. The Labute approximate surface area is 150 Å². The number of esters is 2. The van der Waals surface area contributed by atoms with E-state index in [2.05, 4.69) is 15.0 Å². The fourth-order valence-electron chi connectivity index (χ4n) is 2.62. The molecule has 8 heteroatoms. The lowest BCUT2D eigenvalue weighted by Crippen LogP contribution is -2.33. The highest BCUT2D eigenvalue weighted by atomic mass is 35.5. The lowest BCUT2D eigenvalue weighted by atomic mass is 9.86. The van der Waals surface area contributed by atoms with Crippen LogP contribution in [0.3, 0.4) is 0 Å². The van der Waals surface area contributed by atoms with Crippen molar-refractivity contribution >= 4 is 40.0 Å². The molecule has 1 aromatic heterocycles. The molecule has 6 nitrogen and oxygen atoms in total. The molecule has 0 atom stereocenters. The zero-order valence-electron chi connectivity index (χ0n) is 14.3. The van der Waals surface area contributed by atoms with Crippen LogP contribution in [-0.2, 0) is 14.3 Å². The average molecular weight is 375 g/mol. The van der Waals surface area contributed by atoms with Gasteiger partial charge in [0.2, 0.25) is 0 Å². The molecule has 0 radical (unpaired) electrons. The minimum absolute atomic E-state index is 0.0483. The first-order valence-corrected chi connectivity index (χ1v) is 9.13. The zero-order valence-corrected chi connectivity index (χ0v) is 15.9. The molecule has 1 aromatic rings. The van der Waals surface area contributed by atoms with E-state index in [4.69, 9.17) is 16.3 Å². The number of aromatic nitrogens is 1. The monoisotopic (exact) mass is 374 g/mol. The molecule has 0 unspecified atom stereocenters. The second-order valence-electron chi connectivity index (χ2n) is 6.86. The fraction of sp³-hybridized carbons (Fsp3) is 0.688. The van der Waals surface area contributed by atoms with E-state index >= 15 is 0 Å². The molecule has 0 aliphatic heterocycles. The van der Waals surface area contributed by atoms with Gasteiger partial charge in [-0.05, 0) is 46.5 Å². The number of nitrogens with zero attached hydrogens (tertiary/aromatic N) is 1. The van der Waals surface area contributed by atoms with Gasteiger partial charge in [-0.25, -0.2) is 9.78 Å². The number of methoxy groups -OCH3 is 1. The second-order valence-corrected chi connectivity index (χ2v) is 8.21. The van der Waals surface area contributed by atoms with Gasteiger partial charge >= 0.3 is 11.9 Å². The molecule has 0 saturated heterocycles. The van der Waals surface area contributed by atoms with Crippen LogP contribution >= 0.6 is 22.9 Å². The highest BCUT2D eigenvalue weighted by Gasteiger charge is 2.30. The Morgan fingerprint density at radius 1 is 1.25 bits per heavy atom. The van der Waals surface area contributed by atoms with Crippen molar-refractivity contribution in [2.24, 2.45) is 5.92 Å². The maximum atomic E-state index is 12.1. The van der Waals surface area contributed by atoms with Crippen molar-refractivity contribution in [1.82, 2.24) is 4.98 Å². The summed E-state index contributed by atoms with van der Waals surface area (Å²) < 4.78 is 10.1. The van der Waals surface area contributed by atoms with Crippen LogP contribution in [0, 0.1) is 5.92 Å². The molecule has 1 N–H and O–H groups in total. The summed E-state index contributed by atoms with van der Waals surface area (Å²) in [4.78, 5) is 28.1. The number of thiazole rings is 1. The van der Waals surface area contributed by atoms with E-state index in [1.165, 1.54) is 18.4 Å². The van der Waals surface area contributed by atoms with Gasteiger partial charge in [0.25, 0.3) is 0 Å². The van der Waals surface area contributed by atoms with Crippen LogP contribution in [0.15, 0.2) is 0 Å². The quantitative estimate of drug-likeness (QED) is 0.805. The molecule has 0 aromatic carbocycles. The van der Waals surface area contributed by atoms with Crippen molar-refractivity contribution < 1.29 is 19.1 Å². The highest BCUT2D eigenvalue weighted by Crippen LogP contribution is 2.32. The molecule has 1 fully saturated rings. The van der Waals surface area contributed by atoms with Gasteiger partial charge in [-0.15, -0.1) is 0 Å². The molecule has 0 amide bonds. The van der Waals surface area contributed by atoms with E-state index in [9.17, 15) is 9.59 Å². The SMILES string of the molecule is COC(=O)c1sc(NC2CCC(C(=O)OC(C)(C)C)CC2)nc1Cl. The number of hydrogen-bond donors (Lipinski definition) is 1. The van der Waals surface area contributed by atoms with Crippen molar-refractivity contribution in [3.05, 3.63) is 10.0 Å². The first-order chi connectivity index (χ1) is 11.2. The van der Waals surface area contributed by atoms with Gasteiger partial charge in [-0.2, -0.15) is 0 Å². The summed E-state index contributed by atoms with van der Waals surface area (Å²) in [6, 6.07) is 0.205. The Bertz CT molecular complexity index is 604. The lowest BCUT2D eigenvalue weighted by molar-refractivity contribution is -0.161. The van der Waals surface area contributed by atoms with Crippen LogP contribution in [0.4, 0.5) is 5.13 Å². The molecule has 1 heterocycles. The van der Waals surface area contributed by atoms with Crippen LogP contribution in [0.2, 0.25) is 5.15 Å². The summed E-state index contributed by atoms with van der Waals surface area (Å²) in [7, 11) is 1.31. The molecule has 2 rings (SSSR count). The summed E-state index contributed by atoms with van der Waals surface area (Å²) in [5.41, 5.74) is -0.450. The molecular formula is C16H23ClN2O4S. The van der Waals surface area contributed by atoms with Gasteiger partial charge in [0, 0.05) is 6.04 Å². The van der Waals surface area contributed by atoms with Crippen LogP contribution in [0.1, 0.15) is 56.1 Å². The van der Waals surface area contributed by atoms with Gasteiger partial charge in [-0.3, -0.25) is 4.79 Å². The van der Waals surface area contributed by atoms with E-state index in [1.807, 2.05) is 20.8 Å². The maximum absolute atomic E-state index is 12.1. The third kappa shape index (κ3) is 5.08. The third-order valence-corrected chi connectivity index (χ3v) is 5.10. The van der Waals surface area contributed by atoms with E-state index in [0.29, 0.717) is 10.0 Å². The molecular weight excluding hydrogens is 352 g/mol. The molecule has 24 heavy (non-hydrogen) atoms. The maximum Gasteiger partial charge on any atom is 0.351 e. The zero-order chi connectivity index (χ0) is 17.9. The first kappa shape index (κ1) is 19.0. The Hall–Kier alpha value is -1.34. The van der Waals surface area contributed by atoms with Gasteiger partial charge in [0.1, 0.15) is 5.60 Å². The number of nitrogens with one attached hydrogen (secondary N) is 1. The Morgan fingerprint density at radius 2 is 1.88 bits per heavy atom. The van der Waals surface area contributed by atoms with Crippen molar-refractivity contribution in [3.63, 3.8) is 0 Å². The van der Waals surface area contributed by atoms with Crippen LogP contribution < -0.4 is 5.32 Å². The summed E-state index contributed by atoms with van der Waals surface area (Å²) >= 11 is 7.14. The average Bonchev–Trinajstić information content (AvgIpc) is 2.86. The molecule has 134 valence electrons. The van der Waals surface area contributed by atoms with Crippen molar-refractivity contribution in [3.8, 4) is 0 Å². The van der Waals surface area contributed by atoms with E-state index in [-0.39, 0.29) is 23.1 Å². The van der Waals surface area contributed by atoms with Crippen molar-refractivity contribution in [2.45, 2.75) is 58.1 Å². The van der Waals surface area contributed by atoms with Gasteiger partial charge in [-0.1, -0.05) is 22.9 Å². The highest BCUT2D eigenvalue weighted by molar-refractivity contribution is 7.18. The minimum Gasteiger partial charge on any atom is -0.465 e. The molecule has 1 aliphatic carbocycles. The van der Waals surface area contributed by atoms with Crippen LogP contribution in [-0.4, -0.2) is 35.7 Å². The molecule has 1 aliphatic rings. The fourth-order valence-corrected chi connectivity index (χ4v) is 3.79. The summed E-state index contributed by atoms with van der Waals surface area (Å²) in [6.07, 6.45) is 3.23. The number of carbonyl (C=O) groups is 2. The minimum atomic E-state index is -0.487. The molecule has 1 saturated carbocycles. The van der Waals surface area contributed by atoms with E-state index < -0.39 is 11.6 Å². The summed E-state index contributed by atoms with van der Waals surface area (Å²) in [5, 5.41) is 4.04. The van der Waals surface area contributed by atoms with Crippen LogP contribution in [0.25, 0.3) is 0 Å². The van der Waals surface area contributed by atoms with Gasteiger partial charge in [0.05, 0.1) is 13.0 Å². The predicted molar refractivity (Wildman–Crippen MR) is 93.7 cm³/mol. The predicted octanol–water partition coefficient (Wildman–Crippen LogP) is 3.90. The molecule has 0 bridgehead atoms. The Morgan fingerprint density at radius 3 is 2.42 bits per heavy atom. The number of carbonyl (C=O) groups excluding carboxylic acids is 2.